The summed E-state index contributed by atoms with van der Waals surface area (Å²) in [5.74, 6) is 1.02. The fourth-order valence-corrected chi connectivity index (χ4v) is 3.38. The number of aliphatic imine (C=N–C) groups is 1. The van der Waals surface area contributed by atoms with E-state index in [4.69, 9.17) is 11.6 Å². The molecule has 0 saturated heterocycles. The first-order valence-corrected chi connectivity index (χ1v) is 10.2. The Bertz CT molecular complexity index is 978. The lowest BCUT2D eigenvalue weighted by Gasteiger charge is -2.19. The molecule has 1 heterocycles. The Hall–Kier alpha value is -2.85. The lowest BCUT2D eigenvalue weighted by Crippen LogP contribution is -2.19. The zero-order chi connectivity index (χ0) is 20.8. The van der Waals surface area contributed by atoms with Crippen LogP contribution in [0.1, 0.15) is 47.8 Å². The number of allylic oxidation sites excluding steroid dienone is 3. The highest BCUT2D eigenvalue weighted by Gasteiger charge is 2.12. The average Bonchev–Trinajstić information content (AvgIpc) is 2.67. The molecule has 0 saturated carbocycles. The molecule has 0 spiro atoms. The predicted molar refractivity (Wildman–Crippen MR) is 121 cm³/mol. The van der Waals surface area contributed by atoms with Crippen LogP contribution in [0, 0.1) is 12.8 Å². The van der Waals surface area contributed by atoms with Crippen LogP contribution in [0.2, 0.25) is 0 Å². The van der Waals surface area contributed by atoms with Crippen LogP contribution in [-0.2, 0) is 0 Å². The van der Waals surface area contributed by atoms with Gasteiger partial charge >= 0.3 is 0 Å². The smallest absolute Gasteiger partial charge is 0.255 e. The van der Waals surface area contributed by atoms with Gasteiger partial charge in [-0.1, -0.05) is 54.9 Å². The molecule has 2 atom stereocenters. The van der Waals surface area contributed by atoms with Crippen LogP contribution >= 0.6 is 11.6 Å². The number of carbonyl (C=O) groups excluding carboxylic acids is 1. The van der Waals surface area contributed by atoms with Crippen molar-refractivity contribution in [3.63, 3.8) is 0 Å². The van der Waals surface area contributed by atoms with Crippen LogP contribution in [0.5, 0.6) is 0 Å². The minimum absolute atomic E-state index is 0.000358. The van der Waals surface area contributed by atoms with E-state index in [1.54, 1.807) is 0 Å². The van der Waals surface area contributed by atoms with Gasteiger partial charge in [0.05, 0.1) is 6.04 Å². The van der Waals surface area contributed by atoms with Gasteiger partial charge in [-0.3, -0.25) is 4.79 Å². The molecule has 4 nitrogen and oxygen atoms in total. The molecule has 0 bridgehead atoms. The monoisotopic (exact) mass is 407 g/mol. The Morgan fingerprint density at radius 1 is 1.21 bits per heavy atom. The summed E-state index contributed by atoms with van der Waals surface area (Å²) >= 11 is 6.15. The number of nitrogens with zero attached hydrogens (tertiary/aromatic N) is 1. The van der Waals surface area contributed by atoms with Crippen LogP contribution in [0.3, 0.4) is 0 Å². The van der Waals surface area contributed by atoms with Crippen LogP contribution in [0.15, 0.2) is 77.6 Å². The summed E-state index contributed by atoms with van der Waals surface area (Å²) in [7, 11) is 0. The van der Waals surface area contributed by atoms with E-state index in [-0.39, 0.29) is 11.9 Å². The number of carbonyl (C=O) groups is 1. The fourth-order valence-electron chi connectivity index (χ4n) is 3.20. The second-order valence-electron chi connectivity index (χ2n) is 7.36. The first kappa shape index (κ1) is 20.9. The molecule has 1 aliphatic heterocycles. The molecule has 5 heteroatoms. The molecule has 0 fully saturated rings. The van der Waals surface area contributed by atoms with Crippen molar-refractivity contribution in [2.75, 3.05) is 5.32 Å². The summed E-state index contributed by atoms with van der Waals surface area (Å²) < 4.78 is 0. The second kappa shape index (κ2) is 9.57. The molecular weight excluding hydrogens is 382 g/mol. The lowest BCUT2D eigenvalue weighted by molar-refractivity contribution is 0.102. The molecular formula is C24H26ClN3O. The molecule has 150 valence electrons. The van der Waals surface area contributed by atoms with Gasteiger partial charge in [0.25, 0.3) is 5.91 Å². The number of rotatable bonds is 5. The number of hydrogen-bond acceptors (Lipinski definition) is 3. The van der Waals surface area contributed by atoms with Gasteiger partial charge < -0.3 is 10.6 Å². The van der Waals surface area contributed by atoms with Crippen molar-refractivity contribution in [2.45, 2.75) is 33.2 Å². The van der Waals surface area contributed by atoms with Crippen molar-refractivity contribution in [2.24, 2.45) is 10.9 Å². The first-order chi connectivity index (χ1) is 13.9. The minimum atomic E-state index is -0.111. The average molecular weight is 408 g/mol. The molecule has 2 aromatic rings. The van der Waals surface area contributed by atoms with E-state index in [0.29, 0.717) is 16.7 Å². The van der Waals surface area contributed by atoms with Crippen LogP contribution in [0.25, 0.3) is 0 Å². The molecule has 1 unspecified atom stereocenters. The maximum Gasteiger partial charge on any atom is 0.255 e. The molecule has 29 heavy (non-hydrogen) atoms. The Labute approximate surface area is 177 Å². The summed E-state index contributed by atoms with van der Waals surface area (Å²) in [5, 5.41) is 6.88. The standard InChI is InChI=1S/C24H26ClN3O/c1-16-8-6-13-22(25)28-23(14-16)26-18(3)19-10-7-11-20(15-19)27-24(29)21-12-5-4-9-17(21)2/h4-7,9-16,18,26H,8H2,1-3H3,(H,27,29)/b13-6+,23-14?,28-22?/t16?,18-/m0/s1. The van der Waals surface area contributed by atoms with Gasteiger partial charge in [0, 0.05) is 11.3 Å². The normalized spacial score (nSPS) is 18.6. The number of benzene rings is 2. The Balaban J connectivity index is 1.74. The molecule has 1 amide bonds. The molecule has 2 N–H and O–H groups in total. The number of halogens is 1. The summed E-state index contributed by atoms with van der Waals surface area (Å²) in [6.45, 7) is 6.14. The lowest BCUT2D eigenvalue weighted by atomic mass is 10.0. The number of amides is 1. The summed E-state index contributed by atoms with van der Waals surface area (Å²) in [4.78, 5) is 17.0. The van der Waals surface area contributed by atoms with Gasteiger partial charge in [-0.2, -0.15) is 0 Å². The largest absolute Gasteiger partial charge is 0.364 e. The molecule has 0 radical (unpaired) electrons. The van der Waals surface area contributed by atoms with E-state index in [1.807, 2.05) is 67.6 Å². The van der Waals surface area contributed by atoms with Gasteiger partial charge in [0.1, 0.15) is 11.0 Å². The van der Waals surface area contributed by atoms with Crippen molar-refractivity contribution < 1.29 is 4.79 Å². The quantitative estimate of drug-likeness (QED) is 0.641. The first-order valence-electron chi connectivity index (χ1n) is 9.78. The molecule has 3 rings (SSSR count). The van der Waals surface area contributed by atoms with Crippen LogP contribution in [-0.4, -0.2) is 11.1 Å². The van der Waals surface area contributed by atoms with Gasteiger partial charge in [-0.25, -0.2) is 4.99 Å². The zero-order valence-corrected chi connectivity index (χ0v) is 17.7. The van der Waals surface area contributed by atoms with Gasteiger partial charge in [0.2, 0.25) is 0 Å². The number of hydrogen-bond donors (Lipinski definition) is 2. The second-order valence-corrected chi connectivity index (χ2v) is 7.75. The van der Waals surface area contributed by atoms with Gasteiger partial charge in [-0.05, 0) is 67.7 Å². The van der Waals surface area contributed by atoms with E-state index in [0.717, 1.165) is 29.1 Å². The SMILES string of the molecule is Cc1ccccc1C(=O)Nc1cccc([C@H](C)NC2=CC(C)C/C=C/C(Cl)=N2)c1. The molecule has 1 aliphatic rings. The van der Waals surface area contributed by atoms with Gasteiger partial charge in [-0.15, -0.1) is 0 Å². The fraction of sp³-hybridized carbons (Fsp3) is 0.250. The third-order valence-corrected chi connectivity index (χ3v) is 5.04. The van der Waals surface area contributed by atoms with E-state index in [1.165, 1.54) is 0 Å². The number of nitrogens with one attached hydrogen (secondary N) is 2. The highest BCUT2D eigenvalue weighted by molar-refractivity contribution is 6.68. The minimum Gasteiger partial charge on any atom is -0.364 e. The van der Waals surface area contributed by atoms with Crippen LogP contribution in [0.4, 0.5) is 5.69 Å². The van der Waals surface area contributed by atoms with Crippen molar-refractivity contribution in [1.82, 2.24) is 5.32 Å². The van der Waals surface area contributed by atoms with E-state index >= 15 is 0 Å². The number of anilines is 1. The van der Waals surface area contributed by atoms with Crippen molar-refractivity contribution >= 4 is 28.4 Å². The molecule has 2 aromatic carbocycles. The maximum absolute atomic E-state index is 12.6. The Morgan fingerprint density at radius 3 is 2.79 bits per heavy atom. The third-order valence-electron chi connectivity index (χ3n) is 4.83. The van der Waals surface area contributed by atoms with E-state index < -0.39 is 0 Å². The van der Waals surface area contributed by atoms with Crippen LogP contribution < -0.4 is 10.6 Å². The summed E-state index contributed by atoms with van der Waals surface area (Å²) in [6, 6.07) is 15.4. The van der Waals surface area contributed by atoms with Crippen molar-refractivity contribution in [3.05, 3.63) is 89.3 Å². The highest BCUT2D eigenvalue weighted by Crippen LogP contribution is 2.21. The topological polar surface area (TPSA) is 53.5 Å². The molecule has 0 aromatic heterocycles. The Kier molecular flexibility index (Phi) is 6.89. The third kappa shape index (κ3) is 5.81. The number of aryl methyl sites for hydroxylation is 1. The van der Waals surface area contributed by atoms with Gasteiger partial charge in [0.15, 0.2) is 0 Å². The predicted octanol–water partition coefficient (Wildman–Crippen LogP) is 5.97. The summed E-state index contributed by atoms with van der Waals surface area (Å²) in [6.07, 6.45) is 6.88. The maximum atomic E-state index is 12.6. The zero-order valence-electron chi connectivity index (χ0n) is 16.9. The van der Waals surface area contributed by atoms with E-state index in [2.05, 4.69) is 35.5 Å². The highest BCUT2D eigenvalue weighted by atomic mass is 35.5. The molecule has 0 aliphatic carbocycles. The summed E-state index contributed by atoms with van der Waals surface area (Å²) in [5.41, 5.74) is 3.43. The van der Waals surface area contributed by atoms with Crippen molar-refractivity contribution in [1.29, 1.82) is 0 Å². The van der Waals surface area contributed by atoms with Crippen molar-refractivity contribution in [3.8, 4) is 0 Å². The Morgan fingerprint density at radius 2 is 2.00 bits per heavy atom. The van der Waals surface area contributed by atoms with E-state index in [9.17, 15) is 4.79 Å².